The van der Waals surface area contributed by atoms with E-state index in [-0.39, 0.29) is 11.9 Å². The third-order valence-electron chi connectivity index (χ3n) is 2.94. The van der Waals surface area contributed by atoms with Gasteiger partial charge in [0.25, 0.3) is 0 Å². The van der Waals surface area contributed by atoms with Crippen LogP contribution in [0.3, 0.4) is 0 Å². The smallest absolute Gasteiger partial charge is 0.123 e. The summed E-state index contributed by atoms with van der Waals surface area (Å²) in [4.78, 5) is 1.20. The molecule has 0 heterocycles. The van der Waals surface area contributed by atoms with Crippen molar-refractivity contribution in [1.29, 1.82) is 0 Å². The van der Waals surface area contributed by atoms with Crippen LogP contribution in [0.5, 0.6) is 0 Å². The number of hydrogen-bond donors (Lipinski definition) is 1. The average molecular weight is 354 g/mol. The summed E-state index contributed by atoms with van der Waals surface area (Å²) < 4.78 is 14.4. The minimum absolute atomic E-state index is 0.146. The Balaban J connectivity index is 2.08. The van der Waals surface area contributed by atoms with Crippen LogP contribution in [0.4, 0.5) is 4.39 Å². The lowest BCUT2D eigenvalue weighted by atomic mass is 10.1. The van der Waals surface area contributed by atoms with Crippen LogP contribution in [-0.4, -0.2) is 12.3 Å². The molecule has 0 spiro atoms. The first-order chi connectivity index (χ1) is 9.70. The van der Waals surface area contributed by atoms with E-state index >= 15 is 0 Å². The van der Waals surface area contributed by atoms with E-state index in [9.17, 15) is 4.39 Å². The number of hydrogen-bond acceptors (Lipinski definition) is 2. The molecule has 2 rings (SSSR count). The summed E-state index contributed by atoms with van der Waals surface area (Å²) >= 11 is 5.32. The van der Waals surface area contributed by atoms with Gasteiger partial charge in [0, 0.05) is 21.2 Å². The number of benzene rings is 2. The zero-order valence-electron chi connectivity index (χ0n) is 11.3. The zero-order valence-corrected chi connectivity index (χ0v) is 13.7. The number of rotatable bonds is 6. The van der Waals surface area contributed by atoms with Crippen LogP contribution in [0.1, 0.15) is 18.5 Å². The van der Waals surface area contributed by atoms with Gasteiger partial charge in [-0.3, -0.25) is 0 Å². The Kier molecular flexibility index (Phi) is 6.07. The summed E-state index contributed by atoms with van der Waals surface area (Å²) in [6, 6.07) is 15.1. The number of thioether (sulfide) groups is 1. The molecule has 0 amide bonds. The summed E-state index contributed by atoms with van der Waals surface area (Å²) in [5, 5.41) is 3.41. The molecule has 1 unspecified atom stereocenters. The summed E-state index contributed by atoms with van der Waals surface area (Å²) in [7, 11) is 0. The fourth-order valence-electron chi connectivity index (χ4n) is 1.98. The molecule has 0 aliphatic rings. The Labute approximate surface area is 132 Å². The Bertz CT molecular complexity index is 562. The predicted octanol–water partition coefficient (Wildman–Crippen LogP) is 5.03. The Morgan fingerprint density at radius 2 is 2.00 bits per heavy atom. The SMILES string of the molecule is CCNC(CSc1ccccc1Br)c1cccc(F)c1. The summed E-state index contributed by atoms with van der Waals surface area (Å²) in [5.41, 5.74) is 0.992. The van der Waals surface area contributed by atoms with E-state index < -0.39 is 0 Å². The van der Waals surface area contributed by atoms with Crippen molar-refractivity contribution in [3.8, 4) is 0 Å². The third-order valence-corrected chi connectivity index (χ3v) is 5.06. The Morgan fingerprint density at radius 1 is 1.20 bits per heavy atom. The Hall–Kier alpha value is -0.840. The molecular formula is C16H17BrFNS. The molecule has 2 aromatic rings. The maximum atomic E-state index is 13.4. The molecule has 1 N–H and O–H groups in total. The van der Waals surface area contributed by atoms with Gasteiger partial charge in [-0.25, -0.2) is 4.39 Å². The second-order valence-corrected chi connectivity index (χ2v) is 6.32. The highest BCUT2D eigenvalue weighted by atomic mass is 79.9. The molecule has 0 aromatic heterocycles. The highest BCUT2D eigenvalue weighted by Crippen LogP contribution is 2.30. The van der Waals surface area contributed by atoms with Crippen LogP contribution in [-0.2, 0) is 0 Å². The first kappa shape index (κ1) is 15.5. The largest absolute Gasteiger partial charge is 0.309 e. The monoisotopic (exact) mass is 353 g/mol. The zero-order chi connectivity index (χ0) is 14.4. The van der Waals surface area contributed by atoms with Crippen LogP contribution < -0.4 is 5.32 Å². The standard InChI is InChI=1S/C16H17BrFNS/c1-2-19-15(12-6-5-7-13(18)10-12)11-20-16-9-4-3-8-14(16)17/h3-10,15,19H,2,11H2,1H3. The van der Waals surface area contributed by atoms with Crippen LogP contribution >= 0.6 is 27.7 Å². The molecule has 106 valence electrons. The lowest BCUT2D eigenvalue weighted by Crippen LogP contribution is -2.23. The molecule has 1 nitrogen and oxygen atoms in total. The van der Waals surface area contributed by atoms with E-state index in [2.05, 4.69) is 34.2 Å². The van der Waals surface area contributed by atoms with Crippen molar-refractivity contribution >= 4 is 27.7 Å². The molecule has 0 fully saturated rings. The summed E-state index contributed by atoms with van der Waals surface area (Å²) in [5.74, 6) is 0.677. The van der Waals surface area contributed by atoms with Crippen molar-refractivity contribution in [1.82, 2.24) is 5.32 Å². The van der Waals surface area contributed by atoms with Gasteiger partial charge in [0.05, 0.1) is 0 Å². The van der Waals surface area contributed by atoms with Crippen LogP contribution in [0.15, 0.2) is 57.9 Å². The normalized spacial score (nSPS) is 12.3. The van der Waals surface area contributed by atoms with E-state index in [0.29, 0.717) is 0 Å². The van der Waals surface area contributed by atoms with E-state index in [0.717, 1.165) is 22.3 Å². The first-order valence-corrected chi connectivity index (χ1v) is 8.34. The maximum absolute atomic E-state index is 13.4. The molecule has 0 saturated carbocycles. The fraction of sp³-hybridized carbons (Fsp3) is 0.250. The molecular weight excluding hydrogens is 337 g/mol. The quantitative estimate of drug-likeness (QED) is 0.730. The number of halogens is 2. The van der Waals surface area contributed by atoms with E-state index in [1.165, 1.54) is 11.0 Å². The van der Waals surface area contributed by atoms with Gasteiger partial charge < -0.3 is 5.32 Å². The van der Waals surface area contributed by atoms with Crippen molar-refractivity contribution in [2.75, 3.05) is 12.3 Å². The van der Waals surface area contributed by atoms with Crippen molar-refractivity contribution in [3.05, 3.63) is 64.4 Å². The van der Waals surface area contributed by atoms with Crippen molar-refractivity contribution in [2.45, 2.75) is 17.9 Å². The predicted molar refractivity (Wildman–Crippen MR) is 87.7 cm³/mol. The van der Waals surface area contributed by atoms with Crippen molar-refractivity contribution < 1.29 is 4.39 Å². The van der Waals surface area contributed by atoms with Gasteiger partial charge in [0.2, 0.25) is 0 Å². The second kappa shape index (κ2) is 7.81. The Morgan fingerprint density at radius 3 is 2.70 bits per heavy atom. The lowest BCUT2D eigenvalue weighted by molar-refractivity contribution is 0.588. The van der Waals surface area contributed by atoms with Gasteiger partial charge in [-0.2, -0.15) is 0 Å². The summed E-state index contributed by atoms with van der Waals surface area (Å²) in [6.07, 6.45) is 0. The van der Waals surface area contributed by atoms with Gasteiger partial charge in [-0.05, 0) is 52.3 Å². The molecule has 0 aliphatic carbocycles. The van der Waals surface area contributed by atoms with E-state index in [1.807, 2.05) is 24.3 Å². The molecule has 20 heavy (non-hydrogen) atoms. The first-order valence-electron chi connectivity index (χ1n) is 6.57. The van der Waals surface area contributed by atoms with Gasteiger partial charge in [-0.15, -0.1) is 11.8 Å². The highest BCUT2D eigenvalue weighted by Gasteiger charge is 2.12. The molecule has 4 heteroatoms. The third kappa shape index (κ3) is 4.33. The van der Waals surface area contributed by atoms with E-state index in [1.54, 1.807) is 23.9 Å². The van der Waals surface area contributed by atoms with Crippen LogP contribution in [0, 0.1) is 5.82 Å². The van der Waals surface area contributed by atoms with Gasteiger partial charge in [0.1, 0.15) is 5.82 Å². The van der Waals surface area contributed by atoms with Crippen LogP contribution in [0.2, 0.25) is 0 Å². The second-order valence-electron chi connectivity index (χ2n) is 4.41. The highest BCUT2D eigenvalue weighted by molar-refractivity contribution is 9.10. The van der Waals surface area contributed by atoms with Crippen molar-refractivity contribution in [2.24, 2.45) is 0 Å². The average Bonchev–Trinajstić information content (AvgIpc) is 2.45. The van der Waals surface area contributed by atoms with Crippen LogP contribution in [0.25, 0.3) is 0 Å². The number of nitrogens with one attached hydrogen (secondary N) is 1. The topological polar surface area (TPSA) is 12.0 Å². The summed E-state index contributed by atoms with van der Waals surface area (Å²) in [6.45, 7) is 2.92. The fourth-order valence-corrected chi connectivity index (χ4v) is 3.64. The van der Waals surface area contributed by atoms with Gasteiger partial charge in [0.15, 0.2) is 0 Å². The molecule has 0 saturated heterocycles. The maximum Gasteiger partial charge on any atom is 0.123 e. The van der Waals surface area contributed by atoms with Gasteiger partial charge in [-0.1, -0.05) is 31.2 Å². The van der Waals surface area contributed by atoms with Crippen molar-refractivity contribution in [3.63, 3.8) is 0 Å². The molecule has 1 atom stereocenters. The lowest BCUT2D eigenvalue weighted by Gasteiger charge is -2.18. The van der Waals surface area contributed by atoms with E-state index in [4.69, 9.17) is 0 Å². The van der Waals surface area contributed by atoms with Gasteiger partial charge >= 0.3 is 0 Å². The molecule has 0 radical (unpaired) electrons. The minimum atomic E-state index is -0.184. The molecule has 0 aliphatic heterocycles. The molecule has 0 bridgehead atoms. The molecule has 2 aromatic carbocycles. The minimum Gasteiger partial charge on any atom is -0.309 e.